The Morgan fingerprint density at radius 2 is 1.74 bits per heavy atom. The smallest absolute Gasteiger partial charge is 0.227 e. The van der Waals surface area contributed by atoms with Gasteiger partial charge in [-0.05, 0) is 79.1 Å². The van der Waals surface area contributed by atoms with E-state index in [1.165, 1.54) is 24.0 Å². The van der Waals surface area contributed by atoms with Gasteiger partial charge >= 0.3 is 0 Å². The van der Waals surface area contributed by atoms with E-state index >= 15 is 0 Å². The zero-order chi connectivity index (χ0) is 27.2. The van der Waals surface area contributed by atoms with Crippen LogP contribution in [0.2, 0.25) is 0 Å². The highest BCUT2D eigenvalue weighted by atomic mass is 16.5. The molecule has 5 rings (SSSR count). The first kappa shape index (κ1) is 27.0. The first-order valence-corrected chi connectivity index (χ1v) is 14.6. The zero-order valence-corrected chi connectivity index (χ0v) is 23.6. The van der Waals surface area contributed by atoms with Gasteiger partial charge in [0.1, 0.15) is 11.6 Å². The number of carbonyl (C=O) groups excluding carboxylic acids is 1. The number of carbonyl (C=O) groups is 1. The van der Waals surface area contributed by atoms with E-state index in [1.807, 2.05) is 11.0 Å². The fourth-order valence-electron chi connectivity index (χ4n) is 5.54. The molecule has 2 heterocycles. The number of hydrogen-bond acceptors (Lipinski definition) is 3. The van der Waals surface area contributed by atoms with Gasteiger partial charge in [0.15, 0.2) is 0 Å². The van der Waals surface area contributed by atoms with Crippen LogP contribution >= 0.6 is 0 Å². The van der Waals surface area contributed by atoms with E-state index in [-0.39, 0.29) is 11.8 Å². The van der Waals surface area contributed by atoms with Crippen LogP contribution in [0.4, 0.5) is 5.69 Å². The highest BCUT2D eigenvalue weighted by molar-refractivity contribution is 5.96. The van der Waals surface area contributed by atoms with Crippen LogP contribution < -0.4 is 9.64 Å². The van der Waals surface area contributed by atoms with Crippen LogP contribution in [-0.4, -0.2) is 28.6 Å². The molecule has 3 aromatic carbocycles. The Labute approximate surface area is 232 Å². The van der Waals surface area contributed by atoms with Gasteiger partial charge in [0.2, 0.25) is 5.91 Å². The number of anilines is 1. The van der Waals surface area contributed by atoms with Crippen LogP contribution in [0.15, 0.2) is 72.8 Å². The highest BCUT2D eigenvalue weighted by Crippen LogP contribution is 2.33. The number of imidazole rings is 1. The van der Waals surface area contributed by atoms with E-state index in [0.29, 0.717) is 25.5 Å². The molecule has 0 spiro atoms. The van der Waals surface area contributed by atoms with Crippen LogP contribution in [0.25, 0.3) is 11.0 Å². The van der Waals surface area contributed by atoms with E-state index in [0.717, 1.165) is 54.1 Å². The van der Waals surface area contributed by atoms with Gasteiger partial charge in [-0.3, -0.25) is 4.79 Å². The predicted octanol–water partition coefficient (Wildman–Crippen LogP) is 7.88. The second-order valence-electron chi connectivity index (χ2n) is 10.9. The number of hydrogen-bond donors (Lipinski definition) is 0. The van der Waals surface area contributed by atoms with Crippen molar-refractivity contribution >= 4 is 22.6 Å². The number of benzene rings is 3. The molecule has 1 aliphatic rings. The molecule has 0 N–H and O–H groups in total. The van der Waals surface area contributed by atoms with Crippen LogP contribution in [0, 0.1) is 0 Å². The maximum Gasteiger partial charge on any atom is 0.227 e. The van der Waals surface area contributed by atoms with E-state index in [1.54, 1.807) is 0 Å². The molecule has 4 aromatic rings. The van der Waals surface area contributed by atoms with Crippen molar-refractivity contribution in [3.63, 3.8) is 0 Å². The standard InChI is InChI=1S/C34H41N3O2/c1-4-6-10-26-13-17-29(18-14-26)37-24-28(23-33(37)38)34-35-31-11-7-8-12-32(31)36(34)21-9-22-39-30-19-15-27(16-20-30)25(3)5-2/h7-8,11-20,25,28H,4-6,9-10,21-24H2,1-3H3. The minimum Gasteiger partial charge on any atom is -0.494 e. The summed E-state index contributed by atoms with van der Waals surface area (Å²) in [5.41, 5.74) is 5.78. The number of rotatable bonds is 12. The topological polar surface area (TPSA) is 47.4 Å². The number of amides is 1. The Balaban J connectivity index is 1.26. The average molecular weight is 524 g/mol. The van der Waals surface area contributed by atoms with Crippen LogP contribution in [0.5, 0.6) is 5.75 Å². The van der Waals surface area contributed by atoms with Crippen molar-refractivity contribution in [2.75, 3.05) is 18.1 Å². The van der Waals surface area contributed by atoms with Gasteiger partial charge in [0.25, 0.3) is 0 Å². The SMILES string of the molecule is CCCCc1ccc(N2CC(c3nc4ccccc4n3CCCOc3ccc(C(C)CC)cc3)CC2=O)cc1. The minimum absolute atomic E-state index is 0.0682. The first-order chi connectivity index (χ1) is 19.1. The summed E-state index contributed by atoms with van der Waals surface area (Å²) in [6.45, 7) is 8.78. The number of aryl methyl sites for hydroxylation is 2. The van der Waals surface area contributed by atoms with Gasteiger partial charge < -0.3 is 14.2 Å². The Hall–Kier alpha value is -3.60. The van der Waals surface area contributed by atoms with E-state index in [9.17, 15) is 4.79 Å². The third-order valence-electron chi connectivity index (χ3n) is 8.10. The Kier molecular flexibility index (Phi) is 8.65. The maximum absolute atomic E-state index is 13.1. The highest BCUT2D eigenvalue weighted by Gasteiger charge is 2.34. The molecule has 1 saturated heterocycles. The number of aromatic nitrogens is 2. The van der Waals surface area contributed by atoms with E-state index in [2.05, 4.69) is 92.1 Å². The monoisotopic (exact) mass is 523 g/mol. The zero-order valence-electron chi connectivity index (χ0n) is 23.6. The lowest BCUT2D eigenvalue weighted by Crippen LogP contribution is -2.24. The molecule has 2 atom stereocenters. The summed E-state index contributed by atoms with van der Waals surface area (Å²) in [7, 11) is 0. The molecule has 1 amide bonds. The lowest BCUT2D eigenvalue weighted by atomic mass is 9.99. The Morgan fingerprint density at radius 3 is 2.49 bits per heavy atom. The van der Waals surface area contributed by atoms with Gasteiger partial charge in [-0.1, -0.05) is 63.6 Å². The molecule has 0 saturated carbocycles. The molecule has 0 bridgehead atoms. The molecule has 39 heavy (non-hydrogen) atoms. The second-order valence-corrected chi connectivity index (χ2v) is 10.9. The van der Waals surface area contributed by atoms with Crippen molar-refractivity contribution in [3.05, 3.63) is 89.7 Å². The van der Waals surface area contributed by atoms with Crippen molar-refractivity contribution in [2.24, 2.45) is 0 Å². The largest absolute Gasteiger partial charge is 0.494 e. The van der Waals surface area contributed by atoms with Crippen molar-refractivity contribution in [1.82, 2.24) is 9.55 Å². The van der Waals surface area contributed by atoms with Gasteiger partial charge in [0.05, 0.1) is 17.6 Å². The number of fused-ring (bicyclic) bond motifs is 1. The summed E-state index contributed by atoms with van der Waals surface area (Å²) in [5.74, 6) is 2.72. The van der Waals surface area contributed by atoms with Crippen molar-refractivity contribution in [3.8, 4) is 5.75 Å². The van der Waals surface area contributed by atoms with Crippen LogP contribution in [0.1, 0.15) is 81.7 Å². The number of unbranched alkanes of at least 4 members (excludes halogenated alkanes) is 1. The van der Waals surface area contributed by atoms with Gasteiger partial charge in [0, 0.05) is 31.1 Å². The summed E-state index contributed by atoms with van der Waals surface area (Å²) in [6.07, 6.45) is 5.95. The van der Waals surface area contributed by atoms with E-state index < -0.39 is 0 Å². The number of nitrogens with zero attached hydrogens (tertiary/aromatic N) is 3. The quantitative estimate of drug-likeness (QED) is 0.177. The van der Waals surface area contributed by atoms with Gasteiger partial charge in [-0.2, -0.15) is 0 Å². The molecule has 0 radical (unpaired) electrons. The summed E-state index contributed by atoms with van der Waals surface area (Å²) >= 11 is 0. The molecule has 1 aromatic heterocycles. The predicted molar refractivity (Wildman–Crippen MR) is 160 cm³/mol. The first-order valence-electron chi connectivity index (χ1n) is 14.6. The Morgan fingerprint density at radius 1 is 0.974 bits per heavy atom. The Bertz CT molecular complexity index is 1370. The van der Waals surface area contributed by atoms with Crippen molar-refractivity contribution in [1.29, 1.82) is 0 Å². The average Bonchev–Trinajstić information content (AvgIpc) is 3.54. The minimum atomic E-state index is 0.0682. The third kappa shape index (κ3) is 6.19. The summed E-state index contributed by atoms with van der Waals surface area (Å²) in [6, 6.07) is 25.3. The fourth-order valence-corrected chi connectivity index (χ4v) is 5.54. The summed E-state index contributed by atoms with van der Waals surface area (Å²) < 4.78 is 8.39. The molecular formula is C34H41N3O2. The molecule has 1 aliphatic heterocycles. The van der Waals surface area contributed by atoms with Crippen molar-refractivity contribution in [2.45, 2.75) is 77.7 Å². The molecule has 204 valence electrons. The summed E-state index contributed by atoms with van der Waals surface area (Å²) in [5, 5.41) is 0. The van der Waals surface area contributed by atoms with Gasteiger partial charge in [-0.25, -0.2) is 4.98 Å². The van der Waals surface area contributed by atoms with Crippen LogP contribution in [0.3, 0.4) is 0 Å². The third-order valence-corrected chi connectivity index (χ3v) is 8.10. The lowest BCUT2D eigenvalue weighted by molar-refractivity contribution is -0.117. The van der Waals surface area contributed by atoms with Crippen molar-refractivity contribution < 1.29 is 9.53 Å². The molecule has 2 unspecified atom stereocenters. The summed E-state index contributed by atoms with van der Waals surface area (Å²) in [4.78, 5) is 20.1. The second kappa shape index (κ2) is 12.5. The maximum atomic E-state index is 13.1. The number of ether oxygens (including phenoxy) is 1. The normalized spacial score (nSPS) is 16.2. The van der Waals surface area contributed by atoms with Crippen LogP contribution in [-0.2, 0) is 17.8 Å². The lowest BCUT2D eigenvalue weighted by Gasteiger charge is -2.18. The number of para-hydroxylation sites is 2. The molecule has 5 heteroatoms. The van der Waals surface area contributed by atoms with E-state index in [4.69, 9.17) is 9.72 Å². The molecule has 0 aliphatic carbocycles. The fraction of sp³-hybridized carbons (Fsp3) is 0.412. The van der Waals surface area contributed by atoms with Gasteiger partial charge in [-0.15, -0.1) is 0 Å². The molecule has 1 fully saturated rings. The molecular weight excluding hydrogens is 482 g/mol. The molecule has 5 nitrogen and oxygen atoms in total.